The molecular weight excluding hydrogens is 320 g/mol. The van der Waals surface area contributed by atoms with Crippen LogP contribution >= 0.6 is 11.3 Å². The molecule has 4 nitrogen and oxygen atoms in total. The summed E-state index contributed by atoms with van der Waals surface area (Å²) in [5.41, 5.74) is 9.15. The number of esters is 1. The average molecular weight is 344 g/mol. The molecule has 0 amide bonds. The highest BCUT2D eigenvalue weighted by Gasteiger charge is 2.27. The monoisotopic (exact) mass is 344 g/mol. The Hall–Kier alpha value is -1.85. The van der Waals surface area contributed by atoms with Crippen molar-refractivity contribution >= 4 is 22.3 Å². The molecule has 2 heterocycles. The molecule has 128 valence electrons. The Morgan fingerprint density at radius 1 is 1.33 bits per heavy atom. The van der Waals surface area contributed by atoms with Gasteiger partial charge in [0.05, 0.1) is 12.2 Å². The molecule has 0 unspecified atom stereocenters. The van der Waals surface area contributed by atoms with E-state index in [2.05, 4.69) is 36.1 Å². The van der Waals surface area contributed by atoms with E-state index in [1.54, 1.807) is 0 Å². The molecule has 0 aliphatic carbocycles. The number of ether oxygens (including phenoxy) is 1. The van der Waals surface area contributed by atoms with Gasteiger partial charge in [-0.1, -0.05) is 43.7 Å². The number of benzene rings is 1. The molecule has 1 aromatic carbocycles. The Kier molecular flexibility index (Phi) is 5.53. The third kappa shape index (κ3) is 3.79. The van der Waals surface area contributed by atoms with E-state index < -0.39 is 0 Å². The summed E-state index contributed by atoms with van der Waals surface area (Å²) in [4.78, 5) is 15.9. The Bertz CT molecular complexity index is 697. The van der Waals surface area contributed by atoms with Crippen LogP contribution in [0, 0.1) is 0 Å². The number of hydrogen-bond donors (Lipinski definition) is 1. The van der Waals surface area contributed by atoms with Crippen molar-refractivity contribution in [3.8, 4) is 0 Å². The molecule has 1 aromatic heterocycles. The standard InChI is InChI=1S/C19H24N2O2S/c1-2-3-11-23-19(22)17-15-9-10-21(13-16(15)24-18(17)20)12-14-7-5-4-6-8-14/h4-8H,2-3,9-13,20H2,1H3. The lowest BCUT2D eigenvalue weighted by Gasteiger charge is -2.27. The summed E-state index contributed by atoms with van der Waals surface area (Å²) < 4.78 is 5.37. The number of thiophene rings is 1. The lowest BCUT2D eigenvalue weighted by atomic mass is 10.0. The van der Waals surface area contributed by atoms with Crippen LogP contribution in [0.2, 0.25) is 0 Å². The second-order valence-electron chi connectivity index (χ2n) is 6.18. The van der Waals surface area contributed by atoms with Gasteiger partial charge in [-0.2, -0.15) is 0 Å². The third-order valence-corrected chi connectivity index (χ3v) is 5.39. The van der Waals surface area contributed by atoms with Gasteiger partial charge in [0.25, 0.3) is 0 Å². The van der Waals surface area contributed by atoms with Crippen molar-refractivity contribution in [1.82, 2.24) is 4.90 Å². The highest BCUT2D eigenvalue weighted by atomic mass is 32.1. The summed E-state index contributed by atoms with van der Waals surface area (Å²) >= 11 is 1.53. The molecule has 1 aliphatic rings. The number of nitrogens with two attached hydrogens (primary N) is 1. The average Bonchev–Trinajstić information content (AvgIpc) is 2.91. The topological polar surface area (TPSA) is 55.6 Å². The normalized spacial score (nSPS) is 14.4. The number of unbranched alkanes of at least 4 members (excludes halogenated alkanes) is 1. The molecule has 0 spiro atoms. The Morgan fingerprint density at radius 2 is 2.12 bits per heavy atom. The maximum atomic E-state index is 12.3. The number of carbonyl (C=O) groups excluding carboxylic acids is 1. The van der Waals surface area contributed by atoms with E-state index in [4.69, 9.17) is 10.5 Å². The van der Waals surface area contributed by atoms with Gasteiger partial charge in [-0.3, -0.25) is 4.90 Å². The van der Waals surface area contributed by atoms with E-state index in [9.17, 15) is 4.79 Å². The van der Waals surface area contributed by atoms with Gasteiger partial charge in [0, 0.05) is 24.5 Å². The predicted molar refractivity (Wildman–Crippen MR) is 98.2 cm³/mol. The van der Waals surface area contributed by atoms with Crippen LogP contribution in [0.25, 0.3) is 0 Å². The lowest BCUT2D eigenvalue weighted by molar-refractivity contribution is 0.0499. The molecule has 2 aromatic rings. The van der Waals surface area contributed by atoms with Crippen LogP contribution < -0.4 is 5.73 Å². The van der Waals surface area contributed by atoms with Gasteiger partial charge in [0.15, 0.2) is 0 Å². The van der Waals surface area contributed by atoms with Crippen LogP contribution in [0.3, 0.4) is 0 Å². The zero-order chi connectivity index (χ0) is 16.9. The van der Waals surface area contributed by atoms with Gasteiger partial charge in [0.1, 0.15) is 5.00 Å². The van der Waals surface area contributed by atoms with Crippen molar-refractivity contribution in [2.75, 3.05) is 18.9 Å². The number of rotatable bonds is 6. The molecule has 0 radical (unpaired) electrons. The SMILES string of the molecule is CCCCOC(=O)c1c(N)sc2c1CCN(Cc1ccccc1)C2. The number of nitrogen functional groups attached to an aromatic ring is 1. The van der Waals surface area contributed by atoms with Crippen LogP contribution in [-0.4, -0.2) is 24.0 Å². The van der Waals surface area contributed by atoms with Gasteiger partial charge in [-0.15, -0.1) is 11.3 Å². The number of anilines is 1. The molecule has 3 rings (SSSR count). The van der Waals surface area contributed by atoms with E-state index in [1.807, 2.05) is 6.07 Å². The van der Waals surface area contributed by atoms with Crippen molar-refractivity contribution in [2.24, 2.45) is 0 Å². The fourth-order valence-electron chi connectivity index (χ4n) is 3.06. The lowest BCUT2D eigenvalue weighted by Crippen LogP contribution is -2.29. The fraction of sp³-hybridized carbons (Fsp3) is 0.421. The van der Waals surface area contributed by atoms with E-state index in [-0.39, 0.29) is 5.97 Å². The van der Waals surface area contributed by atoms with E-state index in [0.29, 0.717) is 17.2 Å². The Balaban J connectivity index is 1.69. The molecule has 5 heteroatoms. The highest BCUT2D eigenvalue weighted by Crippen LogP contribution is 2.36. The van der Waals surface area contributed by atoms with Crippen molar-refractivity contribution < 1.29 is 9.53 Å². The number of carbonyl (C=O) groups is 1. The summed E-state index contributed by atoms with van der Waals surface area (Å²) in [6, 6.07) is 10.5. The minimum absolute atomic E-state index is 0.255. The molecule has 1 aliphatic heterocycles. The van der Waals surface area contributed by atoms with E-state index in [0.717, 1.165) is 44.5 Å². The summed E-state index contributed by atoms with van der Waals surface area (Å²) in [7, 11) is 0. The Morgan fingerprint density at radius 3 is 2.88 bits per heavy atom. The molecule has 0 atom stereocenters. The van der Waals surface area contributed by atoms with Crippen LogP contribution in [-0.2, 0) is 24.2 Å². The second kappa shape index (κ2) is 7.81. The molecule has 0 saturated carbocycles. The quantitative estimate of drug-likeness (QED) is 0.639. The highest BCUT2D eigenvalue weighted by molar-refractivity contribution is 7.16. The maximum Gasteiger partial charge on any atom is 0.341 e. The number of fused-ring (bicyclic) bond motifs is 1. The van der Waals surface area contributed by atoms with E-state index in [1.165, 1.54) is 21.8 Å². The van der Waals surface area contributed by atoms with Crippen molar-refractivity contribution in [2.45, 2.75) is 39.3 Å². The smallest absolute Gasteiger partial charge is 0.341 e. The first kappa shape index (κ1) is 17.0. The fourth-order valence-corrected chi connectivity index (χ4v) is 4.21. The predicted octanol–water partition coefficient (Wildman–Crippen LogP) is 3.85. The molecule has 0 saturated heterocycles. The van der Waals surface area contributed by atoms with Crippen LogP contribution in [0.5, 0.6) is 0 Å². The molecule has 0 bridgehead atoms. The first-order valence-electron chi connectivity index (χ1n) is 8.52. The van der Waals surface area contributed by atoms with Crippen LogP contribution in [0.15, 0.2) is 30.3 Å². The van der Waals surface area contributed by atoms with Crippen LogP contribution in [0.1, 0.15) is 46.1 Å². The van der Waals surface area contributed by atoms with Crippen molar-refractivity contribution in [3.63, 3.8) is 0 Å². The second-order valence-corrected chi connectivity index (χ2v) is 7.32. The van der Waals surface area contributed by atoms with Gasteiger partial charge < -0.3 is 10.5 Å². The summed E-state index contributed by atoms with van der Waals surface area (Å²) in [5.74, 6) is -0.255. The number of nitrogens with zero attached hydrogens (tertiary/aromatic N) is 1. The van der Waals surface area contributed by atoms with Gasteiger partial charge >= 0.3 is 5.97 Å². The summed E-state index contributed by atoms with van der Waals surface area (Å²) in [6.07, 6.45) is 2.76. The molecule has 2 N–H and O–H groups in total. The van der Waals surface area contributed by atoms with Gasteiger partial charge in [-0.05, 0) is 24.0 Å². The largest absolute Gasteiger partial charge is 0.462 e. The van der Waals surface area contributed by atoms with Gasteiger partial charge in [-0.25, -0.2) is 4.79 Å². The zero-order valence-corrected chi connectivity index (χ0v) is 14.9. The minimum atomic E-state index is -0.255. The van der Waals surface area contributed by atoms with Crippen molar-refractivity contribution in [3.05, 3.63) is 51.9 Å². The number of hydrogen-bond acceptors (Lipinski definition) is 5. The van der Waals surface area contributed by atoms with Gasteiger partial charge in [0.2, 0.25) is 0 Å². The first-order valence-corrected chi connectivity index (χ1v) is 9.34. The Labute approximate surface area is 147 Å². The van der Waals surface area contributed by atoms with Crippen molar-refractivity contribution in [1.29, 1.82) is 0 Å². The molecule has 24 heavy (non-hydrogen) atoms. The summed E-state index contributed by atoms with van der Waals surface area (Å²) in [6.45, 7) is 5.26. The first-order chi connectivity index (χ1) is 11.7. The minimum Gasteiger partial charge on any atom is -0.462 e. The zero-order valence-electron chi connectivity index (χ0n) is 14.1. The van der Waals surface area contributed by atoms with E-state index >= 15 is 0 Å². The van der Waals surface area contributed by atoms with Crippen LogP contribution in [0.4, 0.5) is 5.00 Å². The maximum absolute atomic E-state index is 12.3. The molecular formula is C19H24N2O2S. The third-order valence-electron chi connectivity index (χ3n) is 4.35. The molecule has 0 fully saturated rings. The summed E-state index contributed by atoms with van der Waals surface area (Å²) in [5, 5.41) is 0.600.